The van der Waals surface area contributed by atoms with E-state index in [1.54, 1.807) is 6.26 Å². The van der Waals surface area contributed by atoms with Crippen molar-refractivity contribution in [1.29, 1.82) is 0 Å². The maximum absolute atomic E-state index is 10.0. The first-order valence-electron chi connectivity index (χ1n) is 7.03. The van der Waals surface area contributed by atoms with Crippen LogP contribution in [0.3, 0.4) is 0 Å². The SMILES string of the molecule is CCOCCN1CCN(C[C@H](O)c2ccco2)CC1. The summed E-state index contributed by atoms with van der Waals surface area (Å²) in [6, 6.07) is 3.63. The molecule has 1 N–H and O–H groups in total. The van der Waals surface area contributed by atoms with E-state index in [4.69, 9.17) is 9.15 Å². The van der Waals surface area contributed by atoms with Crippen molar-refractivity contribution in [2.45, 2.75) is 13.0 Å². The minimum Gasteiger partial charge on any atom is -0.467 e. The predicted octanol–water partition coefficient (Wildman–Crippen LogP) is 0.967. The molecule has 2 heterocycles. The fraction of sp³-hybridized carbons (Fsp3) is 0.714. The smallest absolute Gasteiger partial charge is 0.133 e. The molecule has 0 bridgehead atoms. The molecule has 1 aliphatic heterocycles. The normalized spacial score (nSPS) is 19.7. The lowest BCUT2D eigenvalue weighted by atomic mass is 10.2. The highest BCUT2D eigenvalue weighted by Gasteiger charge is 2.20. The van der Waals surface area contributed by atoms with Crippen LogP contribution in [0.5, 0.6) is 0 Å². The number of furan rings is 1. The fourth-order valence-corrected chi connectivity index (χ4v) is 2.35. The van der Waals surface area contributed by atoms with Gasteiger partial charge < -0.3 is 14.3 Å². The Bertz CT molecular complexity index is 334. The summed E-state index contributed by atoms with van der Waals surface area (Å²) < 4.78 is 10.6. The van der Waals surface area contributed by atoms with Gasteiger partial charge in [-0.05, 0) is 19.1 Å². The molecule has 5 heteroatoms. The highest BCUT2D eigenvalue weighted by atomic mass is 16.5. The zero-order chi connectivity index (χ0) is 13.5. The Morgan fingerprint density at radius 3 is 2.68 bits per heavy atom. The molecule has 0 radical (unpaired) electrons. The van der Waals surface area contributed by atoms with E-state index in [9.17, 15) is 5.11 Å². The van der Waals surface area contributed by atoms with Crippen LogP contribution in [0.25, 0.3) is 0 Å². The Hall–Kier alpha value is -0.880. The first-order chi connectivity index (χ1) is 9.29. The lowest BCUT2D eigenvalue weighted by Gasteiger charge is -2.35. The molecule has 0 aliphatic carbocycles. The summed E-state index contributed by atoms with van der Waals surface area (Å²) in [6.45, 7) is 9.33. The van der Waals surface area contributed by atoms with E-state index in [0.717, 1.165) is 45.9 Å². The maximum Gasteiger partial charge on any atom is 0.133 e. The number of hydrogen-bond acceptors (Lipinski definition) is 5. The van der Waals surface area contributed by atoms with Crippen LogP contribution in [-0.2, 0) is 4.74 Å². The molecule has 108 valence electrons. The number of aliphatic hydroxyl groups is 1. The average Bonchev–Trinajstić information content (AvgIpc) is 2.95. The van der Waals surface area contributed by atoms with Crippen LogP contribution in [0.15, 0.2) is 22.8 Å². The number of rotatable bonds is 7. The molecule has 1 aromatic heterocycles. The van der Waals surface area contributed by atoms with Crippen molar-refractivity contribution >= 4 is 0 Å². The van der Waals surface area contributed by atoms with Crippen LogP contribution in [0.4, 0.5) is 0 Å². The van der Waals surface area contributed by atoms with Crippen LogP contribution >= 0.6 is 0 Å². The van der Waals surface area contributed by atoms with Crippen molar-refractivity contribution in [2.75, 3.05) is 52.5 Å². The van der Waals surface area contributed by atoms with E-state index in [1.165, 1.54) is 0 Å². The molecule has 1 fully saturated rings. The minimum absolute atomic E-state index is 0.523. The molecule has 0 unspecified atom stereocenters. The first kappa shape index (κ1) is 14.5. The third-order valence-corrected chi connectivity index (χ3v) is 3.52. The van der Waals surface area contributed by atoms with E-state index in [0.29, 0.717) is 12.3 Å². The van der Waals surface area contributed by atoms with Gasteiger partial charge in [-0.25, -0.2) is 0 Å². The van der Waals surface area contributed by atoms with Crippen molar-refractivity contribution in [3.63, 3.8) is 0 Å². The van der Waals surface area contributed by atoms with Crippen molar-refractivity contribution < 1.29 is 14.3 Å². The summed E-state index contributed by atoms with van der Waals surface area (Å²) in [5.41, 5.74) is 0. The number of ether oxygens (including phenoxy) is 1. The van der Waals surface area contributed by atoms with Gasteiger partial charge in [0.05, 0.1) is 12.9 Å². The number of piperazine rings is 1. The van der Waals surface area contributed by atoms with E-state index in [1.807, 2.05) is 19.1 Å². The summed E-state index contributed by atoms with van der Waals surface area (Å²) in [4.78, 5) is 4.69. The van der Waals surface area contributed by atoms with Gasteiger partial charge in [-0.15, -0.1) is 0 Å². The van der Waals surface area contributed by atoms with Gasteiger partial charge in [0, 0.05) is 45.9 Å². The second-order valence-corrected chi connectivity index (χ2v) is 4.87. The third-order valence-electron chi connectivity index (χ3n) is 3.52. The standard InChI is InChI=1S/C14H24N2O3/c1-2-18-11-9-15-5-7-16(8-6-15)12-13(17)14-4-3-10-19-14/h3-4,10,13,17H,2,5-9,11-12H2,1H3/t13-/m0/s1. The minimum atomic E-state index is -0.523. The molecule has 1 saturated heterocycles. The van der Waals surface area contributed by atoms with Gasteiger partial charge in [0.15, 0.2) is 0 Å². The monoisotopic (exact) mass is 268 g/mol. The van der Waals surface area contributed by atoms with Gasteiger partial charge in [-0.3, -0.25) is 9.80 Å². The summed E-state index contributed by atoms with van der Waals surface area (Å²) in [7, 11) is 0. The number of nitrogens with zero attached hydrogens (tertiary/aromatic N) is 2. The van der Waals surface area contributed by atoms with E-state index in [-0.39, 0.29) is 0 Å². The summed E-state index contributed by atoms with van der Waals surface area (Å²) in [5, 5.41) is 10.0. The molecule has 0 spiro atoms. The summed E-state index contributed by atoms with van der Waals surface area (Å²) in [6.07, 6.45) is 1.08. The molecule has 1 atom stereocenters. The Labute approximate surface area is 114 Å². The zero-order valence-electron chi connectivity index (χ0n) is 11.6. The maximum atomic E-state index is 10.0. The highest BCUT2D eigenvalue weighted by Crippen LogP contribution is 2.15. The largest absolute Gasteiger partial charge is 0.467 e. The van der Waals surface area contributed by atoms with Crippen LogP contribution in [-0.4, -0.2) is 67.4 Å². The Morgan fingerprint density at radius 2 is 2.05 bits per heavy atom. The van der Waals surface area contributed by atoms with Gasteiger partial charge in [0.1, 0.15) is 11.9 Å². The van der Waals surface area contributed by atoms with Crippen LogP contribution in [0.2, 0.25) is 0 Å². The summed E-state index contributed by atoms with van der Waals surface area (Å²) in [5.74, 6) is 0.652. The zero-order valence-corrected chi connectivity index (χ0v) is 11.6. The molecule has 0 saturated carbocycles. The summed E-state index contributed by atoms with van der Waals surface area (Å²) >= 11 is 0. The highest BCUT2D eigenvalue weighted by molar-refractivity contribution is 5.02. The molecule has 1 aromatic rings. The fourth-order valence-electron chi connectivity index (χ4n) is 2.35. The van der Waals surface area contributed by atoms with Crippen LogP contribution in [0.1, 0.15) is 18.8 Å². The lowest BCUT2D eigenvalue weighted by molar-refractivity contribution is 0.0484. The van der Waals surface area contributed by atoms with Gasteiger partial charge in [-0.2, -0.15) is 0 Å². The van der Waals surface area contributed by atoms with E-state index < -0.39 is 6.10 Å². The van der Waals surface area contributed by atoms with Gasteiger partial charge >= 0.3 is 0 Å². The second kappa shape index (κ2) is 7.65. The number of hydrogen-bond donors (Lipinski definition) is 1. The molecular formula is C14H24N2O3. The first-order valence-corrected chi connectivity index (χ1v) is 7.03. The van der Waals surface area contributed by atoms with Gasteiger partial charge in [0.2, 0.25) is 0 Å². The molecular weight excluding hydrogens is 244 g/mol. The van der Waals surface area contributed by atoms with Crippen LogP contribution < -0.4 is 0 Å². The molecule has 0 amide bonds. The molecule has 0 aromatic carbocycles. The lowest BCUT2D eigenvalue weighted by Crippen LogP contribution is -2.48. The van der Waals surface area contributed by atoms with E-state index >= 15 is 0 Å². The molecule has 1 aliphatic rings. The van der Waals surface area contributed by atoms with E-state index in [2.05, 4.69) is 9.80 Å². The average molecular weight is 268 g/mol. The Balaban J connectivity index is 1.66. The van der Waals surface area contributed by atoms with Crippen molar-refractivity contribution in [3.05, 3.63) is 24.2 Å². The van der Waals surface area contributed by atoms with Crippen LogP contribution in [0, 0.1) is 0 Å². The second-order valence-electron chi connectivity index (χ2n) is 4.87. The van der Waals surface area contributed by atoms with Gasteiger partial charge in [0.25, 0.3) is 0 Å². The molecule has 5 nitrogen and oxygen atoms in total. The Kier molecular flexibility index (Phi) is 5.85. The van der Waals surface area contributed by atoms with Gasteiger partial charge in [-0.1, -0.05) is 0 Å². The number of aliphatic hydroxyl groups excluding tert-OH is 1. The van der Waals surface area contributed by atoms with Crippen molar-refractivity contribution in [2.24, 2.45) is 0 Å². The number of β-amino-alcohol motifs (C(OH)–C–C–N with tert-alkyl or cyclic N) is 1. The third kappa shape index (κ3) is 4.62. The predicted molar refractivity (Wildman–Crippen MR) is 73.0 cm³/mol. The quantitative estimate of drug-likeness (QED) is 0.747. The van der Waals surface area contributed by atoms with Crippen molar-refractivity contribution in [1.82, 2.24) is 9.80 Å². The van der Waals surface area contributed by atoms with Crippen molar-refractivity contribution in [3.8, 4) is 0 Å². The molecule has 2 rings (SSSR count). The topological polar surface area (TPSA) is 49.1 Å². The molecule has 19 heavy (non-hydrogen) atoms. The Morgan fingerprint density at radius 1 is 1.32 bits per heavy atom.